The fraction of sp³-hybridized carbons (Fsp3) is 0.706. The second kappa shape index (κ2) is 6.98. The smallest absolute Gasteiger partial charge is 0.251 e. The Labute approximate surface area is 144 Å². The molecular formula is C17H27N3O3S. The highest BCUT2D eigenvalue weighted by Crippen LogP contribution is 2.35. The second-order valence-electron chi connectivity index (χ2n) is 7.17. The van der Waals surface area contributed by atoms with E-state index in [0.717, 1.165) is 18.9 Å². The third-order valence-corrected chi connectivity index (χ3v) is 7.23. The molecule has 2 fully saturated rings. The largest absolute Gasteiger partial charge is 0.301 e. The summed E-state index contributed by atoms with van der Waals surface area (Å²) in [5, 5.41) is 0. The summed E-state index contributed by atoms with van der Waals surface area (Å²) in [7, 11) is -0.521. The van der Waals surface area contributed by atoms with Gasteiger partial charge in [-0.25, -0.2) is 12.7 Å². The number of piperidine rings is 1. The van der Waals surface area contributed by atoms with Crippen molar-refractivity contribution >= 4 is 10.0 Å². The Morgan fingerprint density at radius 3 is 2.58 bits per heavy atom. The first-order valence-electron chi connectivity index (χ1n) is 8.76. The van der Waals surface area contributed by atoms with Crippen LogP contribution >= 0.6 is 0 Å². The average molecular weight is 353 g/mol. The summed E-state index contributed by atoms with van der Waals surface area (Å²) in [6.45, 7) is 1.47. The van der Waals surface area contributed by atoms with Gasteiger partial charge >= 0.3 is 0 Å². The number of fused-ring (bicyclic) bond motifs is 1. The first kappa shape index (κ1) is 17.6. The van der Waals surface area contributed by atoms with Crippen LogP contribution in [0.4, 0.5) is 0 Å². The molecule has 2 heterocycles. The van der Waals surface area contributed by atoms with E-state index in [2.05, 4.69) is 4.90 Å². The quantitative estimate of drug-likeness (QED) is 0.827. The Morgan fingerprint density at radius 1 is 1.12 bits per heavy atom. The van der Waals surface area contributed by atoms with Crippen molar-refractivity contribution in [3.63, 3.8) is 0 Å². The first-order valence-corrected chi connectivity index (χ1v) is 10.2. The number of hydrogen-bond acceptors (Lipinski definition) is 4. The molecule has 1 aromatic heterocycles. The third-order valence-electron chi connectivity index (χ3n) is 5.43. The fourth-order valence-electron chi connectivity index (χ4n) is 4.08. The third kappa shape index (κ3) is 3.43. The topological polar surface area (TPSA) is 62.6 Å². The van der Waals surface area contributed by atoms with E-state index in [-0.39, 0.29) is 10.5 Å². The van der Waals surface area contributed by atoms with Crippen LogP contribution in [0.3, 0.4) is 0 Å². The molecule has 1 aliphatic carbocycles. The highest BCUT2D eigenvalue weighted by molar-refractivity contribution is 7.89. The maximum absolute atomic E-state index is 12.3. The van der Waals surface area contributed by atoms with Gasteiger partial charge in [0.05, 0.1) is 11.6 Å². The highest BCUT2D eigenvalue weighted by atomic mass is 32.2. The standard InChI is InChI=1S/C17H27N3O3S/c1-18(2)24(22,23)15-9-10-17(21)20(12-15)13-19-11-5-7-14-6-3-4-8-16(14)19/h9-10,12,14,16H,3-8,11,13H2,1-2H3/t14-,16+/m1/s1. The zero-order valence-electron chi connectivity index (χ0n) is 14.5. The summed E-state index contributed by atoms with van der Waals surface area (Å²) in [4.78, 5) is 14.8. The average Bonchev–Trinajstić information content (AvgIpc) is 2.57. The molecular weight excluding hydrogens is 326 g/mol. The molecule has 1 aromatic rings. The molecule has 2 atom stereocenters. The van der Waals surface area contributed by atoms with E-state index in [1.165, 1.54) is 68.8 Å². The molecule has 0 unspecified atom stereocenters. The lowest BCUT2D eigenvalue weighted by atomic mass is 9.78. The van der Waals surface area contributed by atoms with Crippen LogP contribution in [0, 0.1) is 5.92 Å². The van der Waals surface area contributed by atoms with E-state index in [4.69, 9.17) is 0 Å². The normalized spacial score (nSPS) is 25.6. The monoisotopic (exact) mass is 353 g/mol. The minimum atomic E-state index is -3.53. The van der Waals surface area contributed by atoms with Crippen LogP contribution in [0.5, 0.6) is 0 Å². The molecule has 134 valence electrons. The van der Waals surface area contributed by atoms with Gasteiger partial charge in [0.25, 0.3) is 5.56 Å². The summed E-state index contributed by atoms with van der Waals surface area (Å²) < 4.78 is 27.4. The van der Waals surface area contributed by atoms with Crippen LogP contribution in [0.25, 0.3) is 0 Å². The van der Waals surface area contributed by atoms with Gasteiger partial charge in [0.1, 0.15) is 0 Å². The SMILES string of the molecule is CN(C)S(=O)(=O)c1ccc(=O)n(CN2CCC[C@H]3CCCC[C@@H]32)c1. The number of likely N-dealkylation sites (tertiary alicyclic amines) is 1. The van der Waals surface area contributed by atoms with Crippen LogP contribution in [-0.2, 0) is 16.7 Å². The Balaban J connectivity index is 1.85. The molecule has 0 radical (unpaired) electrons. The first-order chi connectivity index (χ1) is 11.4. The Morgan fingerprint density at radius 2 is 1.83 bits per heavy atom. The van der Waals surface area contributed by atoms with Crippen molar-refractivity contribution in [1.82, 2.24) is 13.8 Å². The van der Waals surface area contributed by atoms with Gasteiger partial charge in [-0.2, -0.15) is 0 Å². The lowest BCUT2D eigenvalue weighted by molar-refractivity contribution is 0.0353. The molecule has 1 saturated heterocycles. The maximum atomic E-state index is 12.3. The summed E-state index contributed by atoms with van der Waals surface area (Å²) in [6, 6.07) is 3.29. The van der Waals surface area contributed by atoms with E-state index in [1.807, 2.05) is 0 Å². The minimum absolute atomic E-state index is 0.148. The van der Waals surface area contributed by atoms with Crippen LogP contribution in [0.2, 0.25) is 0 Å². The van der Waals surface area contributed by atoms with Crippen LogP contribution < -0.4 is 5.56 Å². The van der Waals surface area contributed by atoms with Gasteiger partial charge in [0.15, 0.2) is 0 Å². The summed E-state index contributed by atoms with van der Waals surface area (Å²) >= 11 is 0. The Bertz CT molecular complexity index is 740. The van der Waals surface area contributed by atoms with Crippen LogP contribution in [-0.4, -0.2) is 48.9 Å². The number of hydrogen-bond donors (Lipinski definition) is 0. The minimum Gasteiger partial charge on any atom is -0.301 e. The van der Waals surface area contributed by atoms with Gasteiger partial charge < -0.3 is 4.57 Å². The van der Waals surface area contributed by atoms with Crippen molar-refractivity contribution in [2.75, 3.05) is 20.6 Å². The second-order valence-corrected chi connectivity index (χ2v) is 9.32. The Kier molecular flexibility index (Phi) is 5.13. The molecule has 1 saturated carbocycles. The highest BCUT2D eigenvalue weighted by Gasteiger charge is 2.33. The summed E-state index contributed by atoms with van der Waals surface area (Å²) in [6.07, 6.45) is 8.97. The maximum Gasteiger partial charge on any atom is 0.251 e. The lowest BCUT2D eigenvalue weighted by Gasteiger charge is -2.44. The van der Waals surface area contributed by atoms with Crippen molar-refractivity contribution in [1.29, 1.82) is 0 Å². The predicted molar refractivity (Wildman–Crippen MR) is 93.3 cm³/mol. The molecule has 0 aromatic carbocycles. The number of nitrogens with zero attached hydrogens (tertiary/aromatic N) is 3. The van der Waals surface area contributed by atoms with Gasteiger partial charge in [-0.05, 0) is 37.7 Å². The van der Waals surface area contributed by atoms with Crippen LogP contribution in [0.1, 0.15) is 38.5 Å². The van der Waals surface area contributed by atoms with Crippen molar-refractivity contribution in [2.24, 2.45) is 5.92 Å². The molecule has 0 N–H and O–H groups in total. The van der Waals surface area contributed by atoms with E-state index in [0.29, 0.717) is 12.7 Å². The molecule has 0 bridgehead atoms. The molecule has 7 heteroatoms. The number of aromatic nitrogens is 1. The summed E-state index contributed by atoms with van der Waals surface area (Å²) in [5.41, 5.74) is -0.148. The summed E-state index contributed by atoms with van der Waals surface area (Å²) in [5.74, 6) is 0.733. The van der Waals surface area contributed by atoms with E-state index < -0.39 is 10.0 Å². The number of pyridine rings is 1. The van der Waals surface area contributed by atoms with Gasteiger partial charge in [-0.15, -0.1) is 0 Å². The fourth-order valence-corrected chi connectivity index (χ4v) is 5.00. The van der Waals surface area contributed by atoms with Crippen molar-refractivity contribution in [3.05, 3.63) is 28.7 Å². The molecule has 2 aliphatic rings. The van der Waals surface area contributed by atoms with Crippen molar-refractivity contribution in [2.45, 2.75) is 56.1 Å². The molecule has 0 spiro atoms. The van der Waals surface area contributed by atoms with Gasteiger partial charge in [-0.1, -0.05) is 12.8 Å². The number of sulfonamides is 1. The molecule has 24 heavy (non-hydrogen) atoms. The Hall–Kier alpha value is -1.18. The van der Waals surface area contributed by atoms with E-state index >= 15 is 0 Å². The predicted octanol–water partition coefficient (Wildman–Crippen LogP) is 1.71. The van der Waals surface area contributed by atoms with E-state index in [1.54, 1.807) is 4.57 Å². The van der Waals surface area contributed by atoms with Gasteiger partial charge in [0, 0.05) is 38.9 Å². The van der Waals surface area contributed by atoms with Gasteiger partial charge in [0.2, 0.25) is 10.0 Å². The van der Waals surface area contributed by atoms with Crippen molar-refractivity contribution < 1.29 is 8.42 Å². The molecule has 1 aliphatic heterocycles. The molecule has 0 amide bonds. The zero-order valence-corrected chi connectivity index (χ0v) is 15.3. The number of rotatable bonds is 4. The van der Waals surface area contributed by atoms with Gasteiger partial charge in [-0.3, -0.25) is 9.69 Å². The van der Waals surface area contributed by atoms with Crippen molar-refractivity contribution in [3.8, 4) is 0 Å². The van der Waals surface area contributed by atoms with Crippen LogP contribution in [0.15, 0.2) is 28.0 Å². The lowest BCUT2D eigenvalue weighted by Crippen LogP contribution is -2.48. The molecule has 6 nitrogen and oxygen atoms in total. The molecule has 3 rings (SSSR count). The zero-order chi connectivity index (χ0) is 17.3. The van der Waals surface area contributed by atoms with E-state index in [9.17, 15) is 13.2 Å².